The quantitative estimate of drug-likeness (QED) is 0.910. The molecule has 1 aliphatic rings. The lowest BCUT2D eigenvalue weighted by molar-refractivity contribution is -0.117. The molecule has 1 aromatic heterocycles. The van der Waals surface area contributed by atoms with E-state index in [1.165, 1.54) is 23.1 Å². The molecule has 4 nitrogen and oxygen atoms in total. The van der Waals surface area contributed by atoms with Crippen molar-refractivity contribution in [2.45, 2.75) is 25.7 Å². The molecule has 3 rings (SSSR count). The van der Waals surface area contributed by atoms with Gasteiger partial charge in [-0.05, 0) is 53.4 Å². The summed E-state index contributed by atoms with van der Waals surface area (Å²) in [5.74, 6) is -0.650. The van der Waals surface area contributed by atoms with Crippen LogP contribution in [0.3, 0.4) is 0 Å². The molecule has 0 spiro atoms. The molecule has 0 aliphatic carbocycles. The number of hydrogen-bond donors (Lipinski definition) is 1. The highest BCUT2D eigenvalue weighted by molar-refractivity contribution is 7.07. The Morgan fingerprint density at radius 1 is 1.35 bits per heavy atom. The fourth-order valence-electron chi connectivity index (χ4n) is 2.62. The number of nitrogens with zero attached hydrogens (tertiary/aromatic N) is 1. The van der Waals surface area contributed by atoms with Crippen molar-refractivity contribution in [3.63, 3.8) is 0 Å². The van der Waals surface area contributed by atoms with Gasteiger partial charge >= 0.3 is 0 Å². The van der Waals surface area contributed by atoms with Gasteiger partial charge in [0.25, 0.3) is 0 Å². The van der Waals surface area contributed by atoms with Gasteiger partial charge in [-0.25, -0.2) is 4.39 Å². The van der Waals surface area contributed by atoms with Gasteiger partial charge in [-0.1, -0.05) is 0 Å². The first kappa shape index (κ1) is 15.7. The Kier molecular flexibility index (Phi) is 4.71. The summed E-state index contributed by atoms with van der Waals surface area (Å²) < 4.78 is 14.0. The van der Waals surface area contributed by atoms with E-state index in [4.69, 9.17) is 0 Å². The van der Waals surface area contributed by atoms with E-state index in [0.29, 0.717) is 31.5 Å². The first-order valence-corrected chi connectivity index (χ1v) is 8.48. The lowest BCUT2D eigenvalue weighted by Crippen LogP contribution is -2.25. The lowest BCUT2D eigenvalue weighted by Gasteiger charge is -2.17. The number of thiophene rings is 1. The summed E-state index contributed by atoms with van der Waals surface area (Å²) in [6.45, 7) is 0.519. The molecule has 23 heavy (non-hydrogen) atoms. The molecular formula is C17H17FN2O2S. The van der Waals surface area contributed by atoms with Gasteiger partial charge < -0.3 is 10.2 Å². The number of rotatable bonds is 5. The molecule has 6 heteroatoms. The molecule has 120 valence electrons. The Labute approximate surface area is 137 Å². The number of carbonyl (C=O) groups is 2. The molecule has 1 fully saturated rings. The summed E-state index contributed by atoms with van der Waals surface area (Å²) in [5.41, 5.74) is 1.88. The van der Waals surface area contributed by atoms with Crippen molar-refractivity contribution in [3.8, 4) is 0 Å². The zero-order valence-corrected chi connectivity index (χ0v) is 13.4. The van der Waals surface area contributed by atoms with Crippen molar-refractivity contribution >= 4 is 34.5 Å². The van der Waals surface area contributed by atoms with E-state index < -0.39 is 5.82 Å². The van der Waals surface area contributed by atoms with Crippen molar-refractivity contribution in [3.05, 3.63) is 46.4 Å². The van der Waals surface area contributed by atoms with Gasteiger partial charge in [-0.2, -0.15) is 11.3 Å². The third-order valence-corrected chi connectivity index (χ3v) is 4.55. The maximum atomic E-state index is 14.0. The van der Waals surface area contributed by atoms with Crippen LogP contribution < -0.4 is 10.2 Å². The number of benzene rings is 1. The Bertz CT molecular complexity index is 715. The summed E-state index contributed by atoms with van der Waals surface area (Å²) in [5, 5.41) is 6.76. The molecule has 1 aromatic carbocycles. The monoisotopic (exact) mass is 332 g/mol. The second-order valence-electron chi connectivity index (χ2n) is 5.49. The fraction of sp³-hybridized carbons (Fsp3) is 0.294. The molecule has 0 radical (unpaired) electrons. The summed E-state index contributed by atoms with van der Waals surface area (Å²) >= 11 is 1.60. The average Bonchev–Trinajstić information content (AvgIpc) is 3.19. The lowest BCUT2D eigenvalue weighted by atomic mass is 10.2. The Hall–Kier alpha value is -2.21. The molecule has 2 heterocycles. The zero-order valence-electron chi connectivity index (χ0n) is 12.5. The van der Waals surface area contributed by atoms with Crippen LogP contribution in [-0.2, 0) is 16.0 Å². The Balaban J connectivity index is 1.65. The van der Waals surface area contributed by atoms with E-state index >= 15 is 0 Å². The van der Waals surface area contributed by atoms with Crippen molar-refractivity contribution in [2.24, 2.45) is 0 Å². The van der Waals surface area contributed by atoms with Gasteiger partial charge in [0, 0.05) is 25.1 Å². The van der Waals surface area contributed by atoms with Crippen molar-refractivity contribution in [2.75, 3.05) is 16.8 Å². The molecule has 0 saturated carbocycles. The highest BCUT2D eigenvalue weighted by Gasteiger charge is 2.24. The minimum Gasteiger partial charge on any atom is -0.326 e. The van der Waals surface area contributed by atoms with Crippen LogP contribution in [0.25, 0.3) is 0 Å². The Morgan fingerprint density at radius 2 is 2.22 bits per heavy atom. The number of amides is 2. The molecule has 2 amide bonds. The molecule has 1 saturated heterocycles. The predicted molar refractivity (Wildman–Crippen MR) is 89.3 cm³/mol. The molecule has 0 unspecified atom stereocenters. The van der Waals surface area contributed by atoms with E-state index in [9.17, 15) is 14.0 Å². The first-order chi connectivity index (χ1) is 11.1. The highest BCUT2D eigenvalue weighted by Crippen LogP contribution is 2.27. The normalized spacial score (nSPS) is 14.3. The van der Waals surface area contributed by atoms with Gasteiger partial charge in [-0.3, -0.25) is 9.59 Å². The molecular weight excluding hydrogens is 315 g/mol. The van der Waals surface area contributed by atoms with Crippen molar-refractivity contribution in [1.29, 1.82) is 0 Å². The number of nitrogens with one attached hydrogen (secondary N) is 1. The summed E-state index contributed by atoms with van der Waals surface area (Å²) in [6.07, 6.45) is 2.21. The second-order valence-corrected chi connectivity index (χ2v) is 6.27. The third kappa shape index (κ3) is 3.76. The van der Waals surface area contributed by atoms with Crippen molar-refractivity contribution in [1.82, 2.24) is 0 Å². The van der Waals surface area contributed by atoms with E-state index in [2.05, 4.69) is 5.32 Å². The Morgan fingerprint density at radius 3 is 2.91 bits per heavy atom. The van der Waals surface area contributed by atoms with Crippen LogP contribution in [0.2, 0.25) is 0 Å². The minimum absolute atomic E-state index is 0.0789. The molecule has 0 atom stereocenters. The minimum atomic E-state index is -0.448. The largest absolute Gasteiger partial charge is 0.326 e. The number of anilines is 2. The summed E-state index contributed by atoms with van der Waals surface area (Å²) in [6, 6.07) is 6.32. The standard InChI is InChI=1S/C17H17FN2O2S/c18-14-5-4-13(10-15(14)20-8-1-2-17(20)22)19-16(21)6-3-12-7-9-23-11-12/h4-5,7,9-11H,1-3,6,8H2,(H,19,21). The number of halogens is 1. The smallest absolute Gasteiger partial charge is 0.227 e. The SMILES string of the molecule is O=C(CCc1ccsc1)Nc1ccc(F)c(N2CCCC2=O)c1. The first-order valence-electron chi connectivity index (χ1n) is 7.54. The van der Waals surface area contributed by atoms with Crippen LogP contribution in [0.4, 0.5) is 15.8 Å². The van der Waals surface area contributed by atoms with Gasteiger partial charge in [-0.15, -0.1) is 0 Å². The van der Waals surface area contributed by atoms with Crippen LogP contribution in [0.1, 0.15) is 24.8 Å². The van der Waals surface area contributed by atoms with E-state index in [1.54, 1.807) is 11.3 Å². The van der Waals surface area contributed by atoms with Gasteiger partial charge in [0.1, 0.15) is 5.82 Å². The molecule has 2 aromatic rings. The molecule has 1 N–H and O–H groups in total. The maximum absolute atomic E-state index is 14.0. The predicted octanol–water partition coefficient (Wildman–Crippen LogP) is 3.59. The van der Waals surface area contributed by atoms with Crippen LogP contribution in [0, 0.1) is 5.82 Å². The van der Waals surface area contributed by atoms with E-state index in [0.717, 1.165) is 12.0 Å². The van der Waals surface area contributed by atoms with E-state index in [1.807, 2.05) is 16.8 Å². The highest BCUT2D eigenvalue weighted by atomic mass is 32.1. The van der Waals surface area contributed by atoms with Crippen molar-refractivity contribution < 1.29 is 14.0 Å². The fourth-order valence-corrected chi connectivity index (χ4v) is 3.32. The number of carbonyl (C=O) groups excluding carboxylic acids is 2. The van der Waals surface area contributed by atoms with E-state index in [-0.39, 0.29) is 17.5 Å². The second kappa shape index (κ2) is 6.91. The average molecular weight is 332 g/mol. The molecule has 0 bridgehead atoms. The van der Waals surface area contributed by atoms with Crippen LogP contribution in [0.5, 0.6) is 0 Å². The maximum Gasteiger partial charge on any atom is 0.227 e. The number of hydrogen-bond acceptors (Lipinski definition) is 3. The third-order valence-electron chi connectivity index (χ3n) is 3.81. The van der Waals surface area contributed by atoms with Crippen LogP contribution in [-0.4, -0.2) is 18.4 Å². The summed E-state index contributed by atoms with van der Waals surface area (Å²) in [4.78, 5) is 25.2. The van der Waals surface area contributed by atoms with Gasteiger partial charge in [0.05, 0.1) is 5.69 Å². The number of aryl methyl sites for hydroxylation is 1. The zero-order chi connectivity index (χ0) is 16.2. The van der Waals surface area contributed by atoms with Crippen LogP contribution >= 0.6 is 11.3 Å². The van der Waals surface area contributed by atoms with Crippen LogP contribution in [0.15, 0.2) is 35.0 Å². The van der Waals surface area contributed by atoms with Gasteiger partial charge in [0.15, 0.2) is 0 Å². The van der Waals surface area contributed by atoms with Gasteiger partial charge in [0.2, 0.25) is 11.8 Å². The topological polar surface area (TPSA) is 49.4 Å². The molecule has 1 aliphatic heterocycles. The summed E-state index contributed by atoms with van der Waals surface area (Å²) in [7, 11) is 0.